The van der Waals surface area contributed by atoms with Gasteiger partial charge in [0.15, 0.2) is 0 Å². The number of hydrogen-bond donors (Lipinski definition) is 3. The van der Waals surface area contributed by atoms with Crippen molar-refractivity contribution in [3.8, 4) is 0 Å². The average molecular weight is 200 g/mol. The molecule has 0 aromatic carbocycles. The maximum Gasteiger partial charge on any atom is 0.315 e. The minimum absolute atomic E-state index is 0.0323. The van der Waals surface area contributed by atoms with Gasteiger partial charge in [0.2, 0.25) is 0 Å². The van der Waals surface area contributed by atoms with Gasteiger partial charge in [0.1, 0.15) is 0 Å². The second-order valence-electron chi connectivity index (χ2n) is 5.12. The van der Waals surface area contributed by atoms with E-state index in [4.69, 9.17) is 5.11 Å². The van der Waals surface area contributed by atoms with E-state index in [-0.39, 0.29) is 23.7 Å². The molecule has 1 fully saturated rings. The number of urea groups is 1. The fourth-order valence-electron chi connectivity index (χ4n) is 1.54. The summed E-state index contributed by atoms with van der Waals surface area (Å²) in [5.74, 6) is 0. The fraction of sp³-hybridized carbons (Fsp3) is 0.900. The smallest absolute Gasteiger partial charge is 0.315 e. The number of amides is 2. The first kappa shape index (κ1) is 11.3. The summed E-state index contributed by atoms with van der Waals surface area (Å²) < 4.78 is 0. The van der Waals surface area contributed by atoms with E-state index in [1.54, 1.807) is 0 Å². The third-order valence-electron chi connectivity index (χ3n) is 2.48. The van der Waals surface area contributed by atoms with Crippen molar-refractivity contribution in [2.75, 3.05) is 6.61 Å². The van der Waals surface area contributed by atoms with Crippen LogP contribution in [0.15, 0.2) is 0 Å². The second-order valence-corrected chi connectivity index (χ2v) is 5.12. The Hall–Kier alpha value is -0.770. The number of hydrogen-bond acceptors (Lipinski definition) is 2. The summed E-state index contributed by atoms with van der Waals surface area (Å²) in [5.41, 5.74) is -0.584. The molecule has 0 spiro atoms. The van der Waals surface area contributed by atoms with Gasteiger partial charge in [-0.25, -0.2) is 4.79 Å². The standard InChI is InChI=1S/C10H20N2O2/c1-9(2,3)11-8(14)12-10(7-13)5-4-6-10/h13H,4-7H2,1-3H3,(H2,11,12,14). The Kier molecular flexibility index (Phi) is 3.04. The number of carbonyl (C=O) groups excluding carboxylic acids is 1. The summed E-state index contributed by atoms with van der Waals surface area (Å²) in [6, 6.07) is -0.189. The van der Waals surface area contributed by atoms with Gasteiger partial charge in [-0.3, -0.25) is 0 Å². The lowest BCUT2D eigenvalue weighted by Crippen LogP contribution is -2.60. The highest BCUT2D eigenvalue weighted by molar-refractivity contribution is 5.75. The second kappa shape index (κ2) is 3.77. The number of aliphatic hydroxyl groups excluding tert-OH is 1. The van der Waals surface area contributed by atoms with Gasteiger partial charge in [0, 0.05) is 5.54 Å². The molecular formula is C10H20N2O2. The van der Waals surface area contributed by atoms with Crippen LogP contribution >= 0.6 is 0 Å². The van der Waals surface area contributed by atoms with Crippen LogP contribution in [0, 0.1) is 0 Å². The van der Waals surface area contributed by atoms with Crippen molar-refractivity contribution in [3.05, 3.63) is 0 Å². The summed E-state index contributed by atoms with van der Waals surface area (Å²) in [5, 5.41) is 14.8. The van der Waals surface area contributed by atoms with Gasteiger partial charge >= 0.3 is 6.03 Å². The molecule has 0 saturated heterocycles. The van der Waals surface area contributed by atoms with Gasteiger partial charge in [-0.2, -0.15) is 0 Å². The third kappa shape index (κ3) is 2.87. The van der Waals surface area contributed by atoms with E-state index < -0.39 is 0 Å². The molecule has 3 N–H and O–H groups in total. The van der Waals surface area contributed by atoms with Crippen molar-refractivity contribution < 1.29 is 9.90 Å². The Bertz CT molecular complexity index is 211. The van der Waals surface area contributed by atoms with Crippen molar-refractivity contribution in [1.82, 2.24) is 10.6 Å². The summed E-state index contributed by atoms with van der Waals surface area (Å²) in [7, 11) is 0. The van der Waals surface area contributed by atoms with Crippen molar-refractivity contribution in [2.45, 2.75) is 51.1 Å². The van der Waals surface area contributed by atoms with Crippen LogP contribution in [0.25, 0.3) is 0 Å². The number of carbonyl (C=O) groups is 1. The lowest BCUT2D eigenvalue weighted by molar-refractivity contribution is 0.0945. The average Bonchev–Trinajstić information content (AvgIpc) is 1.93. The number of nitrogens with one attached hydrogen (secondary N) is 2. The first-order valence-corrected chi connectivity index (χ1v) is 5.08. The van der Waals surface area contributed by atoms with Gasteiger partial charge in [-0.05, 0) is 40.0 Å². The lowest BCUT2D eigenvalue weighted by Gasteiger charge is -2.41. The zero-order valence-corrected chi connectivity index (χ0v) is 9.18. The van der Waals surface area contributed by atoms with Gasteiger partial charge in [-0.1, -0.05) is 0 Å². The van der Waals surface area contributed by atoms with E-state index in [0.717, 1.165) is 19.3 Å². The highest BCUT2D eigenvalue weighted by Crippen LogP contribution is 2.30. The quantitative estimate of drug-likeness (QED) is 0.622. The summed E-state index contributed by atoms with van der Waals surface area (Å²) >= 11 is 0. The minimum Gasteiger partial charge on any atom is -0.394 e. The molecular weight excluding hydrogens is 180 g/mol. The van der Waals surface area contributed by atoms with Crippen molar-refractivity contribution >= 4 is 6.03 Å². The highest BCUT2D eigenvalue weighted by Gasteiger charge is 2.38. The lowest BCUT2D eigenvalue weighted by atomic mass is 9.77. The van der Waals surface area contributed by atoms with Gasteiger partial charge in [-0.15, -0.1) is 0 Å². The van der Waals surface area contributed by atoms with E-state index in [0.29, 0.717) is 0 Å². The fourth-order valence-corrected chi connectivity index (χ4v) is 1.54. The minimum atomic E-state index is -0.352. The summed E-state index contributed by atoms with van der Waals surface area (Å²) in [6.45, 7) is 5.82. The maximum absolute atomic E-state index is 11.5. The van der Waals surface area contributed by atoms with Crippen LogP contribution in [0.3, 0.4) is 0 Å². The Labute approximate surface area is 85.1 Å². The molecule has 0 aliphatic heterocycles. The maximum atomic E-state index is 11.5. The largest absolute Gasteiger partial charge is 0.394 e. The Morgan fingerprint density at radius 2 is 2.00 bits per heavy atom. The monoisotopic (exact) mass is 200 g/mol. The Morgan fingerprint density at radius 3 is 2.29 bits per heavy atom. The van der Waals surface area contributed by atoms with Crippen LogP contribution in [0.5, 0.6) is 0 Å². The molecule has 82 valence electrons. The topological polar surface area (TPSA) is 61.4 Å². The van der Waals surface area contributed by atoms with E-state index in [1.807, 2.05) is 20.8 Å². The molecule has 0 radical (unpaired) electrons. The highest BCUT2D eigenvalue weighted by atomic mass is 16.3. The van der Waals surface area contributed by atoms with Crippen LogP contribution in [0.4, 0.5) is 4.79 Å². The first-order chi connectivity index (χ1) is 6.37. The van der Waals surface area contributed by atoms with E-state index in [9.17, 15) is 4.79 Å². The van der Waals surface area contributed by atoms with E-state index in [1.165, 1.54) is 0 Å². The first-order valence-electron chi connectivity index (χ1n) is 5.08. The molecule has 1 aliphatic carbocycles. The molecule has 0 atom stereocenters. The van der Waals surface area contributed by atoms with Crippen molar-refractivity contribution in [3.63, 3.8) is 0 Å². The predicted molar refractivity (Wildman–Crippen MR) is 55.1 cm³/mol. The third-order valence-corrected chi connectivity index (χ3v) is 2.48. The van der Waals surface area contributed by atoms with Crippen LogP contribution in [-0.4, -0.2) is 28.8 Å². The number of aliphatic hydroxyl groups is 1. The molecule has 0 aromatic rings. The zero-order valence-electron chi connectivity index (χ0n) is 9.18. The predicted octanol–water partition coefficient (Wildman–Crippen LogP) is 0.999. The van der Waals surface area contributed by atoms with Crippen LogP contribution < -0.4 is 10.6 Å². The molecule has 1 rings (SSSR count). The Morgan fingerprint density at radius 1 is 1.43 bits per heavy atom. The molecule has 4 nitrogen and oxygen atoms in total. The van der Waals surface area contributed by atoms with Crippen LogP contribution in [-0.2, 0) is 0 Å². The summed E-state index contributed by atoms with van der Waals surface area (Å²) in [6.07, 6.45) is 2.83. The molecule has 0 unspecified atom stereocenters. The molecule has 0 bridgehead atoms. The van der Waals surface area contributed by atoms with Crippen LogP contribution in [0.2, 0.25) is 0 Å². The number of rotatable bonds is 2. The summed E-state index contributed by atoms with van der Waals surface area (Å²) in [4.78, 5) is 11.5. The van der Waals surface area contributed by atoms with Gasteiger partial charge in [0.25, 0.3) is 0 Å². The normalized spacial score (nSPS) is 19.7. The molecule has 14 heavy (non-hydrogen) atoms. The molecule has 0 heterocycles. The van der Waals surface area contributed by atoms with E-state index >= 15 is 0 Å². The molecule has 1 saturated carbocycles. The molecule has 2 amide bonds. The SMILES string of the molecule is CC(C)(C)NC(=O)NC1(CO)CCC1. The molecule has 0 aromatic heterocycles. The van der Waals surface area contributed by atoms with Crippen LogP contribution in [0.1, 0.15) is 40.0 Å². The zero-order chi connectivity index (χ0) is 10.8. The Balaban J connectivity index is 2.40. The van der Waals surface area contributed by atoms with Crippen molar-refractivity contribution in [1.29, 1.82) is 0 Å². The van der Waals surface area contributed by atoms with Crippen molar-refractivity contribution in [2.24, 2.45) is 0 Å². The van der Waals surface area contributed by atoms with Gasteiger partial charge < -0.3 is 15.7 Å². The van der Waals surface area contributed by atoms with E-state index in [2.05, 4.69) is 10.6 Å². The molecule has 1 aliphatic rings. The van der Waals surface area contributed by atoms with Gasteiger partial charge in [0.05, 0.1) is 12.1 Å². The molecule has 4 heteroatoms.